The van der Waals surface area contributed by atoms with Gasteiger partial charge in [0.2, 0.25) is 0 Å². The molecule has 0 radical (unpaired) electrons. The summed E-state index contributed by atoms with van der Waals surface area (Å²) in [6.07, 6.45) is 1.98. The highest BCUT2D eigenvalue weighted by Crippen LogP contribution is 2.33. The second kappa shape index (κ2) is 5.12. The Morgan fingerprint density at radius 1 is 1.44 bits per heavy atom. The maximum Gasteiger partial charge on any atom is 0.148 e. The van der Waals surface area contributed by atoms with E-state index in [1.807, 2.05) is 10.9 Å². The van der Waals surface area contributed by atoms with Gasteiger partial charge < -0.3 is 4.74 Å². The van der Waals surface area contributed by atoms with Crippen molar-refractivity contribution in [3.8, 4) is 0 Å². The SMILES string of the molecule is Cc1ccccc1Cn1cc([C@H]2OCCS2)nn1. The molecule has 0 aliphatic carbocycles. The Labute approximate surface area is 110 Å². The standard InChI is InChI=1S/C13H15N3OS/c1-10-4-2-3-5-11(10)8-16-9-12(14-15-16)13-17-6-7-18-13/h2-5,9,13H,6-8H2,1H3/t13-/m0/s1. The zero-order valence-electron chi connectivity index (χ0n) is 10.2. The van der Waals surface area contributed by atoms with Crippen LogP contribution >= 0.6 is 11.8 Å². The van der Waals surface area contributed by atoms with Crippen molar-refractivity contribution in [2.75, 3.05) is 12.4 Å². The Morgan fingerprint density at radius 2 is 2.33 bits per heavy atom. The van der Waals surface area contributed by atoms with Crippen molar-refractivity contribution in [3.05, 3.63) is 47.3 Å². The molecule has 3 rings (SSSR count). The number of nitrogens with zero attached hydrogens (tertiary/aromatic N) is 3. The first-order chi connectivity index (χ1) is 8.83. The number of rotatable bonds is 3. The predicted octanol–water partition coefficient (Wildman–Crippen LogP) is 2.40. The van der Waals surface area contributed by atoms with Crippen LogP contribution in [0.25, 0.3) is 0 Å². The van der Waals surface area contributed by atoms with Crippen LogP contribution in [-0.2, 0) is 11.3 Å². The van der Waals surface area contributed by atoms with E-state index in [0.29, 0.717) is 0 Å². The summed E-state index contributed by atoms with van der Waals surface area (Å²) in [5, 5.41) is 8.36. The van der Waals surface area contributed by atoms with Crippen LogP contribution in [0.4, 0.5) is 0 Å². The largest absolute Gasteiger partial charge is 0.360 e. The van der Waals surface area contributed by atoms with E-state index in [9.17, 15) is 0 Å². The second-order valence-electron chi connectivity index (χ2n) is 4.34. The zero-order chi connectivity index (χ0) is 12.4. The number of hydrogen-bond donors (Lipinski definition) is 0. The topological polar surface area (TPSA) is 39.9 Å². The van der Waals surface area contributed by atoms with Gasteiger partial charge in [0.1, 0.15) is 11.1 Å². The lowest BCUT2D eigenvalue weighted by Gasteiger charge is -2.05. The lowest BCUT2D eigenvalue weighted by Crippen LogP contribution is -2.02. The molecule has 94 valence electrons. The molecule has 0 N–H and O–H groups in total. The fourth-order valence-corrected chi connectivity index (χ4v) is 2.87. The van der Waals surface area contributed by atoms with Crippen LogP contribution in [0.5, 0.6) is 0 Å². The fourth-order valence-electron chi connectivity index (χ4n) is 1.99. The molecule has 1 fully saturated rings. The van der Waals surface area contributed by atoms with Crippen LogP contribution in [0.3, 0.4) is 0 Å². The molecule has 0 spiro atoms. The first kappa shape index (κ1) is 11.7. The molecular weight excluding hydrogens is 246 g/mol. The average molecular weight is 261 g/mol. The maximum absolute atomic E-state index is 5.57. The van der Waals surface area contributed by atoms with E-state index in [0.717, 1.165) is 24.6 Å². The maximum atomic E-state index is 5.57. The molecule has 4 nitrogen and oxygen atoms in total. The number of hydrogen-bond acceptors (Lipinski definition) is 4. The van der Waals surface area contributed by atoms with Crippen LogP contribution < -0.4 is 0 Å². The Bertz CT molecular complexity index is 535. The van der Waals surface area contributed by atoms with E-state index in [1.165, 1.54) is 11.1 Å². The van der Waals surface area contributed by atoms with Crippen LogP contribution in [0.2, 0.25) is 0 Å². The van der Waals surface area contributed by atoms with Crippen molar-refractivity contribution < 1.29 is 4.74 Å². The van der Waals surface area contributed by atoms with Crippen molar-refractivity contribution in [1.29, 1.82) is 0 Å². The Balaban J connectivity index is 1.75. The third-order valence-corrected chi connectivity index (χ3v) is 4.10. The quantitative estimate of drug-likeness (QED) is 0.850. The molecule has 0 bridgehead atoms. The lowest BCUT2D eigenvalue weighted by atomic mass is 10.1. The van der Waals surface area contributed by atoms with Crippen molar-refractivity contribution >= 4 is 11.8 Å². The molecule has 1 atom stereocenters. The van der Waals surface area contributed by atoms with Crippen molar-refractivity contribution in [2.45, 2.75) is 18.9 Å². The number of ether oxygens (including phenoxy) is 1. The molecule has 2 aromatic rings. The Morgan fingerprint density at radius 3 is 3.11 bits per heavy atom. The first-order valence-electron chi connectivity index (χ1n) is 6.01. The highest BCUT2D eigenvalue weighted by Gasteiger charge is 2.21. The minimum absolute atomic E-state index is 0.0654. The summed E-state index contributed by atoms with van der Waals surface area (Å²) in [4.78, 5) is 0. The van der Waals surface area contributed by atoms with Gasteiger partial charge in [0, 0.05) is 5.75 Å². The molecule has 18 heavy (non-hydrogen) atoms. The van der Waals surface area contributed by atoms with Gasteiger partial charge >= 0.3 is 0 Å². The third kappa shape index (κ3) is 2.42. The van der Waals surface area contributed by atoms with E-state index in [-0.39, 0.29) is 5.44 Å². The van der Waals surface area contributed by atoms with Gasteiger partial charge in [-0.15, -0.1) is 16.9 Å². The van der Waals surface area contributed by atoms with E-state index < -0.39 is 0 Å². The van der Waals surface area contributed by atoms with Gasteiger partial charge in [-0.1, -0.05) is 29.5 Å². The minimum atomic E-state index is 0.0654. The molecule has 1 saturated heterocycles. The molecule has 1 aliphatic heterocycles. The van der Waals surface area contributed by atoms with Crippen molar-refractivity contribution in [1.82, 2.24) is 15.0 Å². The van der Waals surface area contributed by atoms with Crippen LogP contribution in [0.15, 0.2) is 30.5 Å². The smallest absolute Gasteiger partial charge is 0.148 e. The summed E-state index contributed by atoms with van der Waals surface area (Å²) < 4.78 is 7.45. The molecule has 0 unspecified atom stereocenters. The molecule has 1 aromatic heterocycles. The average Bonchev–Trinajstić information content (AvgIpc) is 3.02. The van der Waals surface area contributed by atoms with E-state index in [4.69, 9.17) is 4.74 Å². The molecule has 2 heterocycles. The highest BCUT2D eigenvalue weighted by atomic mass is 32.2. The summed E-state index contributed by atoms with van der Waals surface area (Å²) in [6, 6.07) is 8.34. The van der Waals surface area contributed by atoms with Gasteiger partial charge in [0.05, 0.1) is 19.3 Å². The summed E-state index contributed by atoms with van der Waals surface area (Å²) in [6.45, 7) is 3.68. The van der Waals surface area contributed by atoms with Crippen molar-refractivity contribution in [3.63, 3.8) is 0 Å². The normalized spacial score (nSPS) is 19.3. The predicted molar refractivity (Wildman–Crippen MR) is 71.5 cm³/mol. The number of benzene rings is 1. The van der Waals surface area contributed by atoms with E-state index >= 15 is 0 Å². The molecule has 0 amide bonds. The van der Waals surface area contributed by atoms with Gasteiger partial charge in [-0.05, 0) is 18.1 Å². The summed E-state index contributed by atoms with van der Waals surface area (Å²) in [7, 11) is 0. The van der Waals surface area contributed by atoms with Gasteiger partial charge in [-0.25, -0.2) is 4.68 Å². The summed E-state index contributed by atoms with van der Waals surface area (Å²) >= 11 is 1.78. The second-order valence-corrected chi connectivity index (χ2v) is 5.51. The van der Waals surface area contributed by atoms with Crippen LogP contribution in [0, 0.1) is 6.92 Å². The molecular formula is C13H15N3OS. The van der Waals surface area contributed by atoms with Gasteiger partial charge in [0.25, 0.3) is 0 Å². The number of thioether (sulfide) groups is 1. The molecule has 5 heteroatoms. The van der Waals surface area contributed by atoms with Gasteiger partial charge in [0.15, 0.2) is 0 Å². The van der Waals surface area contributed by atoms with E-state index in [1.54, 1.807) is 11.8 Å². The Kier molecular flexibility index (Phi) is 3.34. The van der Waals surface area contributed by atoms with Crippen molar-refractivity contribution in [2.24, 2.45) is 0 Å². The molecule has 1 aromatic carbocycles. The Hall–Kier alpha value is -1.33. The lowest BCUT2D eigenvalue weighted by molar-refractivity contribution is 0.142. The van der Waals surface area contributed by atoms with Crippen LogP contribution in [-0.4, -0.2) is 27.4 Å². The van der Waals surface area contributed by atoms with Crippen LogP contribution in [0.1, 0.15) is 22.3 Å². The number of aromatic nitrogens is 3. The summed E-state index contributed by atoms with van der Waals surface area (Å²) in [5.41, 5.74) is 3.54. The monoisotopic (exact) mass is 261 g/mol. The third-order valence-electron chi connectivity index (χ3n) is 3.01. The number of aryl methyl sites for hydroxylation is 1. The van der Waals surface area contributed by atoms with Gasteiger partial charge in [-0.2, -0.15) is 0 Å². The van der Waals surface area contributed by atoms with Gasteiger partial charge in [-0.3, -0.25) is 0 Å². The first-order valence-corrected chi connectivity index (χ1v) is 7.05. The summed E-state index contributed by atoms with van der Waals surface area (Å²) in [5.74, 6) is 1.04. The minimum Gasteiger partial charge on any atom is -0.360 e. The fraction of sp³-hybridized carbons (Fsp3) is 0.385. The molecule has 0 saturated carbocycles. The highest BCUT2D eigenvalue weighted by molar-refractivity contribution is 7.99. The zero-order valence-corrected chi connectivity index (χ0v) is 11.1. The molecule has 1 aliphatic rings. The van der Waals surface area contributed by atoms with E-state index in [2.05, 4.69) is 41.5 Å².